The predicted octanol–water partition coefficient (Wildman–Crippen LogP) is 4.86. The third kappa shape index (κ3) is 4.43. The van der Waals surface area contributed by atoms with Crippen molar-refractivity contribution in [2.45, 2.75) is 12.6 Å². The van der Waals surface area contributed by atoms with Crippen LogP contribution in [0.15, 0.2) is 72.0 Å². The molecule has 3 aromatic rings. The van der Waals surface area contributed by atoms with Crippen LogP contribution in [-0.2, 0) is 12.6 Å². The molecule has 0 saturated carbocycles. The van der Waals surface area contributed by atoms with E-state index >= 15 is 0 Å². The number of aldehydes is 1. The van der Waals surface area contributed by atoms with Crippen molar-refractivity contribution >= 4 is 23.4 Å². The van der Waals surface area contributed by atoms with Gasteiger partial charge in [-0.2, -0.15) is 13.2 Å². The molecule has 1 aromatic heterocycles. The lowest BCUT2D eigenvalue weighted by Crippen LogP contribution is -2.07. The zero-order valence-electron chi connectivity index (χ0n) is 14.6. The fourth-order valence-electron chi connectivity index (χ4n) is 2.73. The number of halogens is 3. The maximum absolute atomic E-state index is 12.7. The lowest BCUT2D eigenvalue weighted by atomic mass is 10.0. The van der Waals surface area contributed by atoms with Gasteiger partial charge < -0.3 is 5.73 Å². The van der Waals surface area contributed by atoms with E-state index in [9.17, 15) is 18.0 Å². The molecule has 0 saturated heterocycles. The number of nitrogens with two attached hydrogens (primary N) is 1. The standard InChI is InChI=1S/C15H11F3N2.C6H5NO/c16-15(17,18)11-5-1-3-9(7-11)13-8-10-4-2-6-12(19)14(10)20-13;8-5-6-2-1-3-7-4-6/h1-7H,8,19H2;1-5H. The molecule has 0 amide bonds. The van der Waals surface area contributed by atoms with E-state index in [0.717, 1.165) is 24.0 Å². The largest absolute Gasteiger partial charge is 0.416 e. The summed E-state index contributed by atoms with van der Waals surface area (Å²) in [4.78, 5) is 18.1. The molecule has 0 aliphatic carbocycles. The number of rotatable bonds is 2. The highest BCUT2D eigenvalue weighted by molar-refractivity contribution is 6.07. The van der Waals surface area contributed by atoms with E-state index in [1.807, 2.05) is 12.1 Å². The van der Waals surface area contributed by atoms with E-state index < -0.39 is 11.7 Å². The van der Waals surface area contributed by atoms with Gasteiger partial charge in [-0.3, -0.25) is 14.8 Å². The van der Waals surface area contributed by atoms with Crippen LogP contribution in [-0.4, -0.2) is 17.0 Å². The van der Waals surface area contributed by atoms with Crippen molar-refractivity contribution in [1.29, 1.82) is 0 Å². The van der Waals surface area contributed by atoms with Gasteiger partial charge in [0.1, 0.15) is 0 Å². The van der Waals surface area contributed by atoms with Gasteiger partial charge in [0.2, 0.25) is 0 Å². The monoisotopic (exact) mass is 383 g/mol. The second-order valence-electron chi connectivity index (χ2n) is 6.07. The van der Waals surface area contributed by atoms with Gasteiger partial charge in [-0.25, -0.2) is 0 Å². The Bertz CT molecular complexity index is 1010. The number of aromatic nitrogens is 1. The van der Waals surface area contributed by atoms with Gasteiger partial charge in [-0.15, -0.1) is 0 Å². The van der Waals surface area contributed by atoms with Gasteiger partial charge in [-0.05, 0) is 41.5 Å². The van der Waals surface area contributed by atoms with Crippen LogP contribution in [0.4, 0.5) is 24.5 Å². The van der Waals surface area contributed by atoms with Gasteiger partial charge >= 0.3 is 6.18 Å². The molecule has 0 spiro atoms. The van der Waals surface area contributed by atoms with Crippen molar-refractivity contribution in [3.05, 3.63) is 89.2 Å². The summed E-state index contributed by atoms with van der Waals surface area (Å²) in [5, 5.41) is 0. The quantitative estimate of drug-likeness (QED) is 0.508. The number of carbonyl (C=O) groups is 1. The molecule has 2 aromatic carbocycles. The van der Waals surface area contributed by atoms with Crippen molar-refractivity contribution in [1.82, 2.24) is 4.98 Å². The lowest BCUT2D eigenvalue weighted by Gasteiger charge is -2.08. The molecule has 28 heavy (non-hydrogen) atoms. The van der Waals surface area contributed by atoms with Crippen LogP contribution >= 0.6 is 0 Å². The predicted molar refractivity (Wildman–Crippen MR) is 102 cm³/mol. The summed E-state index contributed by atoms with van der Waals surface area (Å²) in [5.74, 6) is 0. The molecule has 4 nitrogen and oxygen atoms in total. The molecule has 1 aliphatic rings. The van der Waals surface area contributed by atoms with Crippen LogP contribution in [0.25, 0.3) is 0 Å². The Morgan fingerprint density at radius 2 is 1.82 bits per heavy atom. The first-order valence-electron chi connectivity index (χ1n) is 8.36. The summed E-state index contributed by atoms with van der Waals surface area (Å²) in [6, 6.07) is 14.1. The molecular formula is C21H16F3N3O. The first-order chi connectivity index (χ1) is 13.4. The Balaban J connectivity index is 0.000000236. The van der Waals surface area contributed by atoms with Gasteiger partial charge in [0.25, 0.3) is 0 Å². The summed E-state index contributed by atoms with van der Waals surface area (Å²) >= 11 is 0. The topological polar surface area (TPSA) is 68.3 Å². The van der Waals surface area contributed by atoms with Crippen molar-refractivity contribution in [2.75, 3.05) is 5.73 Å². The van der Waals surface area contributed by atoms with Crippen molar-refractivity contribution in [2.24, 2.45) is 4.99 Å². The van der Waals surface area contributed by atoms with Gasteiger partial charge in [0.15, 0.2) is 6.29 Å². The zero-order valence-corrected chi connectivity index (χ0v) is 14.6. The fraction of sp³-hybridized carbons (Fsp3) is 0.0952. The van der Waals surface area contributed by atoms with Gasteiger partial charge in [-0.1, -0.05) is 24.3 Å². The number of fused-ring (bicyclic) bond motifs is 1. The molecule has 0 atom stereocenters. The first-order valence-corrected chi connectivity index (χ1v) is 8.36. The van der Waals surface area contributed by atoms with Gasteiger partial charge in [0.05, 0.1) is 22.6 Å². The number of nitrogens with zero attached hydrogens (tertiary/aromatic N) is 2. The Kier molecular flexibility index (Phi) is 5.54. The molecular weight excluding hydrogens is 367 g/mol. The van der Waals surface area contributed by atoms with Crippen molar-refractivity contribution in [3.63, 3.8) is 0 Å². The normalized spacial score (nSPS) is 12.5. The van der Waals surface area contributed by atoms with E-state index in [2.05, 4.69) is 9.98 Å². The second kappa shape index (κ2) is 8.04. The highest BCUT2D eigenvalue weighted by Crippen LogP contribution is 2.35. The Morgan fingerprint density at radius 3 is 2.43 bits per heavy atom. The molecule has 2 N–H and O–H groups in total. The summed E-state index contributed by atoms with van der Waals surface area (Å²) < 4.78 is 38.2. The number of anilines is 1. The number of benzene rings is 2. The summed E-state index contributed by atoms with van der Waals surface area (Å²) in [7, 11) is 0. The fourth-order valence-corrected chi connectivity index (χ4v) is 2.73. The van der Waals surface area contributed by atoms with Crippen LogP contribution in [0.2, 0.25) is 0 Å². The van der Waals surface area contributed by atoms with Crippen molar-refractivity contribution < 1.29 is 18.0 Å². The molecule has 142 valence electrons. The summed E-state index contributed by atoms with van der Waals surface area (Å²) in [5.41, 5.74) is 9.03. The van der Waals surface area contributed by atoms with Crippen LogP contribution in [0.3, 0.4) is 0 Å². The van der Waals surface area contributed by atoms with E-state index in [0.29, 0.717) is 34.6 Å². The number of nitrogen functional groups attached to an aromatic ring is 1. The number of aliphatic imine (C=N–C) groups is 1. The molecule has 4 rings (SSSR count). The molecule has 0 bridgehead atoms. The van der Waals surface area contributed by atoms with Gasteiger partial charge in [0, 0.05) is 24.4 Å². The molecule has 0 fully saturated rings. The summed E-state index contributed by atoms with van der Waals surface area (Å²) in [6.45, 7) is 0. The average molecular weight is 383 g/mol. The number of pyridine rings is 1. The van der Waals surface area contributed by atoms with Crippen LogP contribution in [0.1, 0.15) is 27.0 Å². The average Bonchev–Trinajstić information content (AvgIpc) is 3.14. The van der Waals surface area contributed by atoms with Crippen LogP contribution in [0.5, 0.6) is 0 Å². The van der Waals surface area contributed by atoms with Crippen molar-refractivity contribution in [3.8, 4) is 0 Å². The molecule has 7 heteroatoms. The molecule has 2 heterocycles. The summed E-state index contributed by atoms with van der Waals surface area (Å²) in [6.07, 6.45) is 0.0791. The minimum atomic E-state index is -4.35. The van der Waals surface area contributed by atoms with Crippen LogP contribution in [0, 0.1) is 0 Å². The second-order valence-corrected chi connectivity index (χ2v) is 6.07. The maximum atomic E-state index is 12.7. The maximum Gasteiger partial charge on any atom is 0.416 e. The van der Waals surface area contributed by atoms with E-state index in [4.69, 9.17) is 5.73 Å². The highest BCUT2D eigenvalue weighted by Gasteiger charge is 2.31. The Labute approximate surface area is 159 Å². The number of hydrogen-bond donors (Lipinski definition) is 1. The minimum absolute atomic E-state index is 0.482. The van der Waals surface area contributed by atoms with E-state index in [1.165, 1.54) is 12.3 Å². The Morgan fingerprint density at radius 1 is 1.04 bits per heavy atom. The third-order valence-corrected chi connectivity index (χ3v) is 4.10. The third-order valence-electron chi connectivity index (χ3n) is 4.10. The first kappa shape index (κ1) is 19.3. The lowest BCUT2D eigenvalue weighted by molar-refractivity contribution is -0.137. The number of para-hydroxylation sites is 1. The molecule has 1 aliphatic heterocycles. The number of hydrogen-bond acceptors (Lipinski definition) is 4. The van der Waals surface area contributed by atoms with Crippen LogP contribution < -0.4 is 5.73 Å². The smallest absolute Gasteiger partial charge is 0.397 e. The highest BCUT2D eigenvalue weighted by atomic mass is 19.4. The Hall–Kier alpha value is -3.48. The minimum Gasteiger partial charge on any atom is -0.397 e. The zero-order chi connectivity index (χ0) is 20.1. The SMILES string of the molecule is Nc1cccc2c1N=C(c1cccc(C(F)(F)F)c1)C2.O=Cc1cccnc1. The molecule has 0 unspecified atom stereocenters. The molecule has 0 radical (unpaired) electrons. The number of alkyl halides is 3. The van der Waals surface area contributed by atoms with E-state index in [-0.39, 0.29) is 0 Å². The number of carbonyl (C=O) groups excluding carboxylic acids is 1. The van der Waals surface area contributed by atoms with E-state index in [1.54, 1.807) is 30.5 Å².